The summed E-state index contributed by atoms with van der Waals surface area (Å²) in [7, 11) is -2.07. The number of ether oxygens (including phenoxy) is 1. The number of β-lactam (4-membered cyclic amide) rings is 1. The van der Waals surface area contributed by atoms with Crippen molar-refractivity contribution in [2.75, 3.05) is 19.4 Å². The van der Waals surface area contributed by atoms with Gasteiger partial charge in [-0.3, -0.25) is 29.8 Å². The summed E-state index contributed by atoms with van der Waals surface area (Å²) in [5.41, 5.74) is 0.469. The zero-order chi connectivity index (χ0) is 27.8. The molecule has 0 spiro atoms. The summed E-state index contributed by atoms with van der Waals surface area (Å²) < 4.78 is 10.1. The van der Waals surface area contributed by atoms with Gasteiger partial charge in [0.1, 0.15) is 28.5 Å². The van der Waals surface area contributed by atoms with Crippen molar-refractivity contribution in [2.45, 2.75) is 73.3 Å². The maximum atomic E-state index is 13.4. The Morgan fingerprint density at radius 3 is 2.35 bits per heavy atom. The largest absolute Gasteiger partial charge is 0.459 e. The average molecular weight is 572 g/mol. The van der Waals surface area contributed by atoms with Crippen molar-refractivity contribution in [2.24, 2.45) is 0 Å². The molecule has 0 aromatic heterocycles. The molecule has 2 aliphatic rings. The van der Waals surface area contributed by atoms with Crippen LogP contribution in [0.4, 0.5) is 5.69 Å². The molecule has 1 aromatic carbocycles. The summed E-state index contributed by atoms with van der Waals surface area (Å²) in [5, 5.41) is 22.8. The first kappa shape index (κ1) is 29.4. The number of carbonyl (C=O) groups excluding carboxylic acids is 2. The molecule has 2 aliphatic heterocycles. The van der Waals surface area contributed by atoms with Crippen molar-refractivity contribution >= 4 is 49.4 Å². The summed E-state index contributed by atoms with van der Waals surface area (Å²) in [6, 6.07) is 3.81. The number of carbonyl (C=O) groups is 2. The molecule has 2 heterocycles. The molecule has 0 bridgehead atoms. The van der Waals surface area contributed by atoms with Crippen LogP contribution in [0.25, 0.3) is 0 Å². The summed E-state index contributed by atoms with van der Waals surface area (Å²) in [5.74, 6) is -1.01. The van der Waals surface area contributed by atoms with E-state index in [9.17, 15) is 29.8 Å². The lowest BCUT2D eigenvalue weighted by Crippen LogP contribution is -2.74. The van der Waals surface area contributed by atoms with Crippen LogP contribution in [-0.4, -0.2) is 75.8 Å². The van der Waals surface area contributed by atoms with Crippen LogP contribution in [0.1, 0.15) is 32.8 Å². The van der Waals surface area contributed by atoms with E-state index in [-0.39, 0.29) is 28.2 Å². The SMILES string of the molecule is CSC1S[C@]2(CCO[Si](C)(C)C(C)(C)C)C(=O)N(CC(=O)OCc3ccc([N+](=O)[O-])cc3)[C@@H]2C1[N+](=O)[O-]. The maximum Gasteiger partial charge on any atom is 0.325 e. The first-order valence-electron chi connectivity index (χ1n) is 11.8. The van der Waals surface area contributed by atoms with Gasteiger partial charge in [-0.25, -0.2) is 0 Å². The molecule has 0 N–H and O–H groups in total. The van der Waals surface area contributed by atoms with E-state index in [2.05, 4.69) is 33.9 Å². The molecule has 1 aromatic rings. The molecule has 14 heteroatoms. The maximum absolute atomic E-state index is 13.4. The van der Waals surface area contributed by atoms with Gasteiger partial charge in [-0.15, -0.1) is 23.5 Å². The van der Waals surface area contributed by atoms with Gasteiger partial charge < -0.3 is 14.1 Å². The monoisotopic (exact) mass is 571 g/mol. The smallest absolute Gasteiger partial charge is 0.325 e. The Morgan fingerprint density at radius 2 is 1.84 bits per heavy atom. The second kappa shape index (κ2) is 10.9. The van der Waals surface area contributed by atoms with Gasteiger partial charge in [0.15, 0.2) is 8.32 Å². The number of hydrogen-bond donors (Lipinski definition) is 0. The predicted octanol–water partition coefficient (Wildman–Crippen LogP) is 4.08. The molecule has 0 aliphatic carbocycles. The molecular formula is C23H33N3O8S2Si. The number of non-ortho nitro benzene ring substituents is 1. The minimum absolute atomic E-state index is 0.0127. The number of likely N-dealkylation sites (tertiary alicyclic amines) is 1. The number of nitrogens with zero attached hydrogens (tertiary/aromatic N) is 3. The van der Waals surface area contributed by atoms with Crippen molar-refractivity contribution in [3.05, 3.63) is 50.1 Å². The first-order chi connectivity index (χ1) is 17.1. The second-order valence-electron chi connectivity index (χ2n) is 10.7. The number of nitro groups is 2. The van der Waals surface area contributed by atoms with E-state index in [0.717, 1.165) is 0 Å². The Labute approximate surface area is 225 Å². The average Bonchev–Trinajstić information content (AvgIpc) is 3.12. The molecule has 204 valence electrons. The minimum Gasteiger partial charge on any atom is -0.459 e. The fourth-order valence-corrected chi connectivity index (χ4v) is 8.41. The molecule has 1 amide bonds. The molecule has 2 fully saturated rings. The molecule has 2 saturated heterocycles. The Bertz CT molecular complexity index is 1070. The van der Waals surface area contributed by atoms with Crippen molar-refractivity contribution in [1.29, 1.82) is 0 Å². The standard InChI is InChI=1S/C23H33N3O8S2Si/c1-22(2,3)37(5,6)34-12-11-23-19(18(26(31)32)20(35-4)36-23)24(21(23)28)13-17(27)33-14-15-7-9-16(10-8-15)25(29)30/h7-10,18-20H,11-14H2,1-6H3/t18?,19-,20?,23+/m1/s1. The first-order valence-corrected chi connectivity index (χ1v) is 16.9. The predicted molar refractivity (Wildman–Crippen MR) is 145 cm³/mol. The Balaban J connectivity index is 1.70. The number of benzene rings is 1. The molecule has 11 nitrogen and oxygen atoms in total. The number of fused-ring (bicyclic) bond motifs is 1. The lowest BCUT2D eigenvalue weighted by Gasteiger charge is -2.51. The van der Waals surface area contributed by atoms with Crippen LogP contribution in [0.3, 0.4) is 0 Å². The van der Waals surface area contributed by atoms with Gasteiger partial charge in [-0.1, -0.05) is 20.8 Å². The highest BCUT2D eigenvalue weighted by molar-refractivity contribution is 8.18. The highest BCUT2D eigenvalue weighted by Gasteiger charge is 2.74. The van der Waals surface area contributed by atoms with Gasteiger partial charge in [0, 0.05) is 23.7 Å². The van der Waals surface area contributed by atoms with Crippen molar-refractivity contribution in [3.63, 3.8) is 0 Å². The summed E-state index contributed by atoms with van der Waals surface area (Å²) in [4.78, 5) is 49.2. The van der Waals surface area contributed by atoms with Crippen LogP contribution in [0.2, 0.25) is 18.1 Å². The fourth-order valence-electron chi connectivity index (χ4n) is 4.31. The van der Waals surface area contributed by atoms with Crippen LogP contribution >= 0.6 is 23.5 Å². The van der Waals surface area contributed by atoms with E-state index < -0.39 is 47.2 Å². The lowest BCUT2D eigenvalue weighted by molar-refractivity contribution is -0.526. The summed E-state index contributed by atoms with van der Waals surface area (Å²) in [6.07, 6.45) is 2.12. The molecular weight excluding hydrogens is 538 g/mol. The summed E-state index contributed by atoms with van der Waals surface area (Å²) >= 11 is 2.65. The van der Waals surface area contributed by atoms with Gasteiger partial charge in [0.05, 0.1) is 4.92 Å². The van der Waals surface area contributed by atoms with Gasteiger partial charge in [0.2, 0.25) is 5.91 Å². The minimum atomic E-state index is -2.07. The van der Waals surface area contributed by atoms with Crippen molar-refractivity contribution < 1.29 is 28.6 Å². The lowest BCUT2D eigenvalue weighted by atomic mass is 9.80. The summed E-state index contributed by atoms with van der Waals surface area (Å²) in [6.45, 7) is 10.4. The van der Waals surface area contributed by atoms with Crippen molar-refractivity contribution in [1.82, 2.24) is 4.90 Å². The third-order valence-electron chi connectivity index (χ3n) is 7.43. The highest BCUT2D eigenvalue weighted by Crippen LogP contribution is 2.58. The highest BCUT2D eigenvalue weighted by atomic mass is 32.2. The number of rotatable bonds is 11. The van der Waals surface area contributed by atoms with E-state index in [1.165, 1.54) is 52.7 Å². The molecule has 3 rings (SSSR count). The van der Waals surface area contributed by atoms with Crippen LogP contribution in [-0.2, 0) is 25.4 Å². The van der Waals surface area contributed by atoms with Crippen molar-refractivity contribution in [3.8, 4) is 0 Å². The van der Waals surface area contributed by atoms with E-state index in [0.29, 0.717) is 18.6 Å². The van der Waals surface area contributed by atoms with Crippen LogP contribution in [0, 0.1) is 20.2 Å². The zero-order valence-corrected chi connectivity index (χ0v) is 24.4. The fraction of sp³-hybridized carbons (Fsp3) is 0.652. The van der Waals surface area contributed by atoms with E-state index in [1.54, 1.807) is 6.26 Å². The second-order valence-corrected chi connectivity index (χ2v) is 18.3. The third kappa shape index (κ3) is 5.81. The van der Waals surface area contributed by atoms with Crippen LogP contribution in [0.5, 0.6) is 0 Å². The molecule has 2 unspecified atom stereocenters. The van der Waals surface area contributed by atoms with Gasteiger partial charge >= 0.3 is 5.97 Å². The van der Waals surface area contributed by atoms with E-state index in [4.69, 9.17) is 9.16 Å². The number of thioether (sulfide) groups is 2. The zero-order valence-electron chi connectivity index (χ0n) is 21.8. The Hall–Kier alpha value is -2.16. The van der Waals surface area contributed by atoms with E-state index >= 15 is 0 Å². The third-order valence-corrected chi connectivity index (χ3v) is 15.1. The topological polar surface area (TPSA) is 142 Å². The normalized spacial score (nSPS) is 25.4. The van der Waals surface area contributed by atoms with Crippen LogP contribution in [0.15, 0.2) is 24.3 Å². The van der Waals surface area contributed by atoms with Gasteiger partial charge in [-0.2, -0.15) is 0 Å². The molecule has 0 radical (unpaired) electrons. The molecule has 37 heavy (non-hydrogen) atoms. The number of hydrogen-bond acceptors (Lipinski definition) is 10. The quantitative estimate of drug-likeness (QED) is 0.125. The molecule has 4 atom stereocenters. The van der Waals surface area contributed by atoms with Gasteiger partial charge in [0.25, 0.3) is 11.7 Å². The van der Waals surface area contributed by atoms with Crippen LogP contribution < -0.4 is 0 Å². The van der Waals surface area contributed by atoms with E-state index in [1.807, 2.05) is 0 Å². The van der Waals surface area contributed by atoms with Gasteiger partial charge in [-0.05, 0) is 48.5 Å². The molecule has 0 saturated carbocycles. The Morgan fingerprint density at radius 1 is 1.22 bits per heavy atom. The number of amides is 1. The number of nitro benzene ring substituents is 1. The Kier molecular flexibility index (Phi) is 8.66. The number of esters is 1.